The lowest BCUT2D eigenvalue weighted by molar-refractivity contribution is -0.143. The molecule has 0 aliphatic carbocycles. The fourth-order valence-electron chi connectivity index (χ4n) is 0.739. The van der Waals surface area contributed by atoms with Crippen molar-refractivity contribution in [2.24, 2.45) is 0 Å². The van der Waals surface area contributed by atoms with Crippen molar-refractivity contribution in [3.05, 3.63) is 0 Å². The molecule has 84 valence electrons. The molecule has 0 atom stereocenters. The summed E-state index contributed by atoms with van der Waals surface area (Å²) in [6.07, 6.45) is 0. The molecule has 0 heterocycles. The van der Waals surface area contributed by atoms with Crippen molar-refractivity contribution in [2.45, 2.75) is 26.3 Å². The third-order valence-corrected chi connectivity index (χ3v) is 3.66. The van der Waals surface area contributed by atoms with Crippen LogP contribution in [0.5, 0.6) is 0 Å². The fraction of sp³-hybridized carbons (Fsp3) is 0.875. The van der Waals surface area contributed by atoms with E-state index in [0.29, 0.717) is 0 Å². The van der Waals surface area contributed by atoms with Crippen molar-refractivity contribution in [1.82, 2.24) is 5.32 Å². The zero-order valence-corrected chi connectivity index (χ0v) is 9.52. The van der Waals surface area contributed by atoms with Crippen LogP contribution in [0.4, 0.5) is 0 Å². The van der Waals surface area contributed by atoms with Crippen LogP contribution in [0.1, 0.15) is 20.8 Å². The number of hydrogen-bond donors (Lipinski definition) is 2. The third-order valence-electron chi connectivity index (χ3n) is 1.95. The van der Waals surface area contributed by atoms with Gasteiger partial charge in [-0.3, -0.25) is 4.79 Å². The molecule has 0 radical (unpaired) electrons. The van der Waals surface area contributed by atoms with Gasteiger partial charge in [-0.05, 0) is 13.8 Å². The van der Waals surface area contributed by atoms with Gasteiger partial charge in [0.2, 0.25) is 0 Å². The molecule has 0 saturated carbocycles. The van der Waals surface area contributed by atoms with E-state index >= 15 is 0 Å². The number of hydrogen-bond acceptors (Lipinski definition) is 4. The van der Waals surface area contributed by atoms with Gasteiger partial charge in [-0.15, -0.1) is 0 Å². The van der Waals surface area contributed by atoms with E-state index in [-0.39, 0.29) is 18.1 Å². The van der Waals surface area contributed by atoms with Crippen LogP contribution < -0.4 is 5.32 Å². The van der Waals surface area contributed by atoms with Crippen LogP contribution in [0.3, 0.4) is 0 Å². The fourth-order valence-corrected chi connectivity index (χ4v) is 1.44. The van der Waals surface area contributed by atoms with Gasteiger partial charge in [0.1, 0.15) is 5.54 Å². The van der Waals surface area contributed by atoms with Crippen molar-refractivity contribution < 1.29 is 18.3 Å². The molecule has 14 heavy (non-hydrogen) atoms. The topological polar surface area (TPSA) is 83.5 Å². The number of carboxylic acid groups (broad SMARTS) is 1. The Morgan fingerprint density at radius 2 is 1.93 bits per heavy atom. The van der Waals surface area contributed by atoms with Gasteiger partial charge in [-0.2, -0.15) is 0 Å². The SMILES string of the molecule is CCS(=O)(=O)CCNC(C)(C)C(=O)O. The average Bonchev–Trinajstić information content (AvgIpc) is 2.03. The second kappa shape index (κ2) is 4.75. The van der Waals surface area contributed by atoms with E-state index in [1.807, 2.05) is 0 Å². The summed E-state index contributed by atoms with van der Waals surface area (Å²) in [5.74, 6) is -0.936. The van der Waals surface area contributed by atoms with E-state index in [4.69, 9.17) is 5.11 Å². The highest BCUT2D eigenvalue weighted by molar-refractivity contribution is 7.91. The zero-order chi connectivity index (χ0) is 11.4. The smallest absolute Gasteiger partial charge is 0.323 e. The first-order chi connectivity index (χ1) is 6.21. The number of sulfone groups is 1. The standard InChI is InChI=1S/C8H17NO4S/c1-4-14(12,13)6-5-9-8(2,3)7(10)11/h9H,4-6H2,1-3H3,(H,10,11). The number of aliphatic carboxylic acids is 1. The van der Waals surface area contributed by atoms with Gasteiger partial charge in [0.15, 0.2) is 9.84 Å². The van der Waals surface area contributed by atoms with Crippen LogP contribution in [0.15, 0.2) is 0 Å². The van der Waals surface area contributed by atoms with Gasteiger partial charge in [-0.1, -0.05) is 6.92 Å². The molecule has 0 aliphatic heterocycles. The molecule has 0 spiro atoms. The normalized spacial score (nSPS) is 12.8. The first-order valence-corrected chi connectivity index (χ1v) is 6.22. The van der Waals surface area contributed by atoms with E-state index in [2.05, 4.69) is 5.32 Å². The highest BCUT2D eigenvalue weighted by Gasteiger charge is 2.26. The Morgan fingerprint density at radius 1 is 1.43 bits per heavy atom. The van der Waals surface area contributed by atoms with Gasteiger partial charge in [-0.25, -0.2) is 8.42 Å². The summed E-state index contributed by atoms with van der Waals surface area (Å²) in [7, 11) is -3.02. The predicted molar refractivity (Wildman–Crippen MR) is 54.0 cm³/mol. The molecular formula is C8H17NO4S. The maximum atomic E-state index is 11.1. The summed E-state index contributed by atoms with van der Waals surface area (Å²) in [4.78, 5) is 10.6. The molecule has 0 aliphatic rings. The Kier molecular flexibility index (Phi) is 4.54. The Labute approximate surface area is 84.4 Å². The molecular weight excluding hydrogens is 206 g/mol. The number of carbonyl (C=O) groups is 1. The van der Waals surface area contributed by atoms with Crippen molar-refractivity contribution >= 4 is 15.8 Å². The number of carboxylic acids is 1. The van der Waals surface area contributed by atoms with Crippen LogP contribution in [0.2, 0.25) is 0 Å². The van der Waals surface area contributed by atoms with E-state index in [9.17, 15) is 13.2 Å². The van der Waals surface area contributed by atoms with Crippen molar-refractivity contribution in [3.8, 4) is 0 Å². The maximum Gasteiger partial charge on any atom is 0.323 e. The molecule has 0 aromatic heterocycles. The lowest BCUT2D eigenvalue weighted by Crippen LogP contribution is -2.48. The minimum Gasteiger partial charge on any atom is -0.480 e. The second-order valence-corrected chi connectivity index (χ2v) is 6.07. The molecule has 0 fully saturated rings. The Balaban J connectivity index is 4.04. The van der Waals surface area contributed by atoms with Gasteiger partial charge >= 0.3 is 5.97 Å². The van der Waals surface area contributed by atoms with Crippen molar-refractivity contribution in [3.63, 3.8) is 0 Å². The summed E-state index contributed by atoms with van der Waals surface area (Å²) in [5, 5.41) is 11.4. The first-order valence-electron chi connectivity index (χ1n) is 4.40. The quantitative estimate of drug-likeness (QED) is 0.655. The summed E-state index contributed by atoms with van der Waals surface area (Å²) in [6, 6.07) is 0. The third kappa shape index (κ3) is 4.57. The lowest BCUT2D eigenvalue weighted by atomic mass is 10.1. The Bertz CT molecular complexity index is 294. The molecule has 2 N–H and O–H groups in total. The monoisotopic (exact) mass is 223 g/mol. The second-order valence-electron chi connectivity index (χ2n) is 3.59. The molecule has 0 saturated heterocycles. The van der Waals surface area contributed by atoms with Gasteiger partial charge in [0.05, 0.1) is 5.75 Å². The Hall–Kier alpha value is -0.620. The van der Waals surface area contributed by atoms with Crippen molar-refractivity contribution in [1.29, 1.82) is 0 Å². The lowest BCUT2D eigenvalue weighted by Gasteiger charge is -2.20. The minimum atomic E-state index is -3.02. The highest BCUT2D eigenvalue weighted by atomic mass is 32.2. The van der Waals surface area contributed by atoms with Crippen LogP contribution in [-0.4, -0.2) is 43.1 Å². The highest BCUT2D eigenvalue weighted by Crippen LogP contribution is 2.01. The zero-order valence-electron chi connectivity index (χ0n) is 8.70. The van der Waals surface area contributed by atoms with E-state index < -0.39 is 21.3 Å². The molecule has 6 heteroatoms. The molecule has 0 bridgehead atoms. The largest absolute Gasteiger partial charge is 0.480 e. The molecule has 0 aromatic rings. The van der Waals surface area contributed by atoms with Gasteiger partial charge in [0.25, 0.3) is 0 Å². The van der Waals surface area contributed by atoms with Crippen LogP contribution in [-0.2, 0) is 14.6 Å². The van der Waals surface area contributed by atoms with Crippen LogP contribution in [0.25, 0.3) is 0 Å². The predicted octanol–water partition coefficient (Wildman–Crippen LogP) is -0.126. The minimum absolute atomic E-state index is 0.0276. The number of nitrogens with one attached hydrogen (secondary N) is 1. The van der Waals surface area contributed by atoms with E-state index in [0.717, 1.165) is 0 Å². The molecule has 5 nitrogen and oxygen atoms in total. The summed E-state index contributed by atoms with van der Waals surface area (Å²) in [5.41, 5.74) is -1.08. The molecule has 0 amide bonds. The van der Waals surface area contributed by atoms with E-state index in [1.165, 1.54) is 13.8 Å². The number of rotatable bonds is 6. The van der Waals surface area contributed by atoms with Crippen LogP contribution in [0, 0.1) is 0 Å². The first kappa shape index (κ1) is 13.4. The van der Waals surface area contributed by atoms with Gasteiger partial charge in [0, 0.05) is 12.3 Å². The van der Waals surface area contributed by atoms with E-state index in [1.54, 1.807) is 6.92 Å². The molecule has 0 rings (SSSR count). The summed E-state index contributed by atoms with van der Waals surface area (Å²) < 4.78 is 22.1. The summed E-state index contributed by atoms with van der Waals surface area (Å²) in [6.45, 7) is 4.72. The van der Waals surface area contributed by atoms with Crippen molar-refractivity contribution in [2.75, 3.05) is 18.1 Å². The average molecular weight is 223 g/mol. The molecule has 0 aromatic carbocycles. The Morgan fingerprint density at radius 3 is 2.29 bits per heavy atom. The molecule has 0 unspecified atom stereocenters. The van der Waals surface area contributed by atoms with Crippen LogP contribution >= 0.6 is 0 Å². The summed E-state index contributed by atoms with van der Waals surface area (Å²) >= 11 is 0. The van der Waals surface area contributed by atoms with Gasteiger partial charge < -0.3 is 10.4 Å². The maximum absolute atomic E-state index is 11.1.